The average molecular weight is 228 g/mol. The zero-order valence-electron chi connectivity index (χ0n) is 8.66. The molecular weight excluding hydrogens is 214 g/mol. The van der Waals surface area contributed by atoms with E-state index in [-0.39, 0.29) is 0 Å². The van der Waals surface area contributed by atoms with Crippen LogP contribution in [0.25, 0.3) is 0 Å². The van der Waals surface area contributed by atoms with E-state index < -0.39 is 0 Å². The number of hydrogen-bond acceptors (Lipinski definition) is 4. The highest BCUT2D eigenvalue weighted by molar-refractivity contribution is 6.31. The van der Waals surface area contributed by atoms with Gasteiger partial charge in [-0.15, -0.1) is 0 Å². The van der Waals surface area contributed by atoms with Gasteiger partial charge >= 0.3 is 0 Å². The Bertz CT molecular complexity index is 341. The van der Waals surface area contributed by atoms with Crippen LogP contribution in [0, 0.1) is 5.92 Å². The highest BCUT2D eigenvalue weighted by Gasteiger charge is 2.18. The molecule has 0 saturated heterocycles. The summed E-state index contributed by atoms with van der Waals surface area (Å²) in [6.45, 7) is 0.934. The maximum atomic E-state index is 5.88. The Kier molecular flexibility index (Phi) is 3.26. The highest BCUT2D eigenvalue weighted by atomic mass is 35.5. The first-order valence-corrected chi connectivity index (χ1v) is 5.47. The molecule has 1 saturated carbocycles. The van der Waals surface area contributed by atoms with Crippen molar-refractivity contribution in [2.75, 3.05) is 19.0 Å². The molecular formula is C10H14ClN3O. The smallest absolute Gasteiger partial charge is 0.198 e. The zero-order valence-corrected chi connectivity index (χ0v) is 9.42. The first-order chi connectivity index (χ1) is 7.31. The van der Waals surface area contributed by atoms with Gasteiger partial charge in [0.2, 0.25) is 0 Å². The maximum Gasteiger partial charge on any atom is 0.198 e. The van der Waals surface area contributed by atoms with Gasteiger partial charge in [-0.25, -0.2) is 9.97 Å². The fourth-order valence-corrected chi connectivity index (χ4v) is 1.81. The van der Waals surface area contributed by atoms with Gasteiger partial charge < -0.3 is 10.1 Å². The molecule has 0 bridgehead atoms. The first kappa shape index (κ1) is 10.5. The lowest BCUT2D eigenvalue weighted by atomic mass is 9.85. The van der Waals surface area contributed by atoms with E-state index in [1.54, 1.807) is 7.11 Å². The SMILES string of the molecule is COc1c(Cl)ncnc1NCC1CCC1. The van der Waals surface area contributed by atoms with E-state index >= 15 is 0 Å². The van der Waals surface area contributed by atoms with Crippen LogP contribution in [0.3, 0.4) is 0 Å². The molecule has 0 atom stereocenters. The lowest BCUT2D eigenvalue weighted by molar-refractivity contribution is 0.332. The number of nitrogens with zero attached hydrogens (tertiary/aromatic N) is 2. The second kappa shape index (κ2) is 4.66. The lowest BCUT2D eigenvalue weighted by Gasteiger charge is -2.25. The predicted molar refractivity (Wildman–Crippen MR) is 59.4 cm³/mol. The second-order valence-electron chi connectivity index (χ2n) is 3.72. The first-order valence-electron chi connectivity index (χ1n) is 5.09. The van der Waals surface area contributed by atoms with Gasteiger partial charge in [0, 0.05) is 6.54 Å². The molecule has 2 rings (SSSR count). The number of anilines is 1. The van der Waals surface area contributed by atoms with Gasteiger partial charge in [-0.3, -0.25) is 0 Å². The maximum absolute atomic E-state index is 5.88. The van der Waals surface area contributed by atoms with Crippen LogP contribution in [0.15, 0.2) is 6.33 Å². The van der Waals surface area contributed by atoms with E-state index in [0.717, 1.165) is 12.5 Å². The third-order valence-corrected chi connectivity index (χ3v) is 3.02. The molecule has 0 unspecified atom stereocenters. The molecule has 15 heavy (non-hydrogen) atoms. The Morgan fingerprint density at radius 3 is 2.93 bits per heavy atom. The number of nitrogens with one attached hydrogen (secondary N) is 1. The van der Waals surface area contributed by atoms with Gasteiger partial charge in [-0.05, 0) is 18.8 Å². The van der Waals surface area contributed by atoms with Crippen LogP contribution < -0.4 is 10.1 Å². The van der Waals surface area contributed by atoms with E-state index in [0.29, 0.717) is 16.7 Å². The summed E-state index contributed by atoms with van der Waals surface area (Å²) in [5, 5.41) is 3.60. The Morgan fingerprint density at radius 1 is 1.53 bits per heavy atom. The van der Waals surface area contributed by atoms with E-state index in [2.05, 4.69) is 15.3 Å². The van der Waals surface area contributed by atoms with Crippen LogP contribution in [0.1, 0.15) is 19.3 Å². The summed E-state index contributed by atoms with van der Waals surface area (Å²) in [4.78, 5) is 7.97. The molecule has 0 aliphatic heterocycles. The van der Waals surface area contributed by atoms with Crippen LogP contribution in [-0.4, -0.2) is 23.6 Å². The average Bonchev–Trinajstić information content (AvgIpc) is 2.15. The van der Waals surface area contributed by atoms with Gasteiger partial charge in [-0.2, -0.15) is 0 Å². The molecule has 5 heteroatoms. The van der Waals surface area contributed by atoms with E-state index in [1.807, 2.05) is 0 Å². The van der Waals surface area contributed by atoms with Crippen molar-refractivity contribution < 1.29 is 4.74 Å². The third-order valence-electron chi connectivity index (χ3n) is 2.75. The molecule has 0 amide bonds. The molecule has 1 aliphatic rings. The zero-order chi connectivity index (χ0) is 10.7. The van der Waals surface area contributed by atoms with Crippen molar-refractivity contribution in [3.63, 3.8) is 0 Å². The largest absolute Gasteiger partial charge is 0.490 e. The molecule has 1 aromatic rings. The number of aromatic nitrogens is 2. The van der Waals surface area contributed by atoms with Crippen molar-refractivity contribution in [3.05, 3.63) is 11.5 Å². The van der Waals surface area contributed by atoms with Crippen LogP contribution in [0.2, 0.25) is 5.15 Å². The quantitative estimate of drug-likeness (QED) is 0.803. The Hall–Kier alpha value is -1.03. The molecule has 1 aliphatic carbocycles. The number of halogens is 1. The van der Waals surface area contributed by atoms with Gasteiger partial charge in [0.05, 0.1) is 7.11 Å². The van der Waals surface area contributed by atoms with Crippen molar-refractivity contribution in [1.82, 2.24) is 9.97 Å². The Labute approximate surface area is 94.0 Å². The van der Waals surface area contributed by atoms with Crippen LogP contribution in [0.4, 0.5) is 5.82 Å². The fourth-order valence-electron chi connectivity index (χ4n) is 1.60. The normalized spacial score (nSPS) is 15.9. The van der Waals surface area contributed by atoms with E-state index in [9.17, 15) is 0 Å². The highest BCUT2D eigenvalue weighted by Crippen LogP contribution is 2.30. The molecule has 82 valence electrons. The summed E-state index contributed by atoms with van der Waals surface area (Å²) >= 11 is 5.88. The monoisotopic (exact) mass is 227 g/mol. The molecule has 1 heterocycles. The second-order valence-corrected chi connectivity index (χ2v) is 4.08. The predicted octanol–water partition coefficient (Wildman–Crippen LogP) is 2.35. The number of methoxy groups -OCH3 is 1. The van der Waals surface area contributed by atoms with Gasteiger partial charge in [0.25, 0.3) is 0 Å². The summed E-state index contributed by atoms with van der Waals surface area (Å²) in [7, 11) is 1.57. The van der Waals surface area contributed by atoms with Gasteiger partial charge in [0.1, 0.15) is 6.33 Å². The van der Waals surface area contributed by atoms with Crippen LogP contribution >= 0.6 is 11.6 Å². The lowest BCUT2D eigenvalue weighted by Crippen LogP contribution is -2.21. The minimum atomic E-state index is 0.351. The molecule has 1 N–H and O–H groups in total. The minimum Gasteiger partial charge on any atom is -0.490 e. The summed E-state index contributed by atoms with van der Waals surface area (Å²) < 4.78 is 5.14. The third kappa shape index (κ3) is 2.31. The van der Waals surface area contributed by atoms with Gasteiger partial charge in [0.15, 0.2) is 16.7 Å². The van der Waals surface area contributed by atoms with Crippen molar-refractivity contribution in [2.45, 2.75) is 19.3 Å². The molecule has 4 nitrogen and oxygen atoms in total. The molecule has 0 aromatic carbocycles. The van der Waals surface area contributed by atoms with Crippen molar-refractivity contribution >= 4 is 17.4 Å². The van der Waals surface area contributed by atoms with Gasteiger partial charge in [-0.1, -0.05) is 18.0 Å². The van der Waals surface area contributed by atoms with Crippen molar-refractivity contribution in [2.24, 2.45) is 5.92 Å². The van der Waals surface area contributed by atoms with Crippen molar-refractivity contribution in [1.29, 1.82) is 0 Å². The van der Waals surface area contributed by atoms with Crippen molar-refractivity contribution in [3.8, 4) is 5.75 Å². The van der Waals surface area contributed by atoms with E-state index in [1.165, 1.54) is 25.6 Å². The Morgan fingerprint density at radius 2 is 2.33 bits per heavy atom. The summed E-state index contributed by atoms with van der Waals surface area (Å²) in [6, 6.07) is 0. The molecule has 0 radical (unpaired) electrons. The Balaban J connectivity index is 2.02. The number of ether oxygens (including phenoxy) is 1. The number of hydrogen-bond donors (Lipinski definition) is 1. The van der Waals surface area contributed by atoms with E-state index in [4.69, 9.17) is 16.3 Å². The topological polar surface area (TPSA) is 47.0 Å². The van der Waals surface area contributed by atoms with Crippen LogP contribution in [0.5, 0.6) is 5.75 Å². The summed E-state index contributed by atoms with van der Waals surface area (Å²) in [5.74, 6) is 1.98. The molecule has 1 aromatic heterocycles. The van der Waals surface area contributed by atoms with Crippen LogP contribution in [-0.2, 0) is 0 Å². The number of rotatable bonds is 4. The standard InChI is InChI=1S/C10H14ClN3O/c1-15-8-9(11)13-6-14-10(8)12-5-7-3-2-4-7/h6-7H,2-5H2,1H3,(H,12,13,14). The molecule has 0 spiro atoms. The molecule has 1 fully saturated rings. The summed E-state index contributed by atoms with van der Waals surface area (Å²) in [6.07, 6.45) is 5.38. The fraction of sp³-hybridized carbons (Fsp3) is 0.600. The minimum absolute atomic E-state index is 0.351. The summed E-state index contributed by atoms with van der Waals surface area (Å²) in [5.41, 5.74) is 0.